The van der Waals surface area contributed by atoms with Gasteiger partial charge < -0.3 is 15.2 Å². The summed E-state index contributed by atoms with van der Waals surface area (Å²) >= 11 is 0. The maximum absolute atomic E-state index is 12.0. The molecule has 0 spiro atoms. The van der Waals surface area contributed by atoms with Crippen LogP contribution >= 0.6 is 0 Å². The molecule has 2 rings (SSSR count). The number of aliphatic carboxylic acids is 1. The van der Waals surface area contributed by atoms with Crippen molar-refractivity contribution in [3.05, 3.63) is 35.4 Å². The maximum Gasteiger partial charge on any atom is 0.328 e. The lowest BCUT2D eigenvalue weighted by Crippen LogP contribution is -2.50. The Morgan fingerprint density at radius 1 is 1.32 bits per heavy atom. The maximum atomic E-state index is 12.0. The van der Waals surface area contributed by atoms with Crippen molar-refractivity contribution >= 4 is 18.0 Å². The Labute approximate surface area is 110 Å². The summed E-state index contributed by atoms with van der Waals surface area (Å²) in [5.74, 6) is -0.794. The molecular formula is C14H15NO4. The van der Waals surface area contributed by atoms with E-state index in [1.54, 1.807) is 6.08 Å². The number of benzene rings is 1. The molecule has 100 valence electrons. The molecule has 1 aliphatic heterocycles. The van der Waals surface area contributed by atoms with Gasteiger partial charge in [0.25, 0.3) is 5.91 Å². The molecule has 1 heterocycles. The molecule has 5 nitrogen and oxygen atoms in total. The highest BCUT2D eigenvalue weighted by molar-refractivity contribution is 6.01. The molecule has 0 radical (unpaired) electrons. The fourth-order valence-corrected chi connectivity index (χ4v) is 1.66. The van der Waals surface area contributed by atoms with E-state index in [0.29, 0.717) is 5.57 Å². The van der Waals surface area contributed by atoms with Crippen LogP contribution in [0.4, 0.5) is 0 Å². The van der Waals surface area contributed by atoms with E-state index in [2.05, 4.69) is 5.32 Å². The summed E-state index contributed by atoms with van der Waals surface area (Å²) in [5, 5.41) is 11.5. The van der Waals surface area contributed by atoms with E-state index in [1.807, 2.05) is 24.3 Å². The average Bonchev–Trinajstić information content (AvgIpc) is 2.37. The topological polar surface area (TPSA) is 75.6 Å². The molecule has 19 heavy (non-hydrogen) atoms. The number of ether oxygens (including phenoxy) is 1. The second kappa shape index (κ2) is 4.76. The molecule has 0 unspecified atom stereocenters. The number of hydrogen-bond acceptors (Lipinski definition) is 3. The molecule has 1 aromatic rings. The third-order valence-corrected chi connectivity index (χ3v) is 2.88. The third-order valence-electron chi connectivity index (χ3n) is 2.88. The largest absolute Gasteiger partial charge is 0.488 e. The highest BCUT2D eigenvalue weighted by Gasteiger charge is 2.30. The van der Waals surface area contributed by atoms with Crippen molar-refractivity contribution in [3.63, 3.8) is 0 Å². The van der Waals surface area contributed by atoms with Gasteiger partial charge in [0.15, 0.2) is 0 Å². The van der Waals surface area contributed by atoms with Crippen molar-refractivity contribution in [2.75, 3.05) is 6.61 Å². The summed E-state index contributed by atoms with van der Waals surface area (Å²) < 4.78 is 5.46. The average molecular weight is 261 g/mol. The predicted molar refractivity (Wildman–Crippen MR) is 69.8 cm³/mol. The zero-order valence-electron chi connectivity index (χ0n) is 10.8. The number of hydrogen-bond donors (Lipinski definition) is 2. The smallest absolute Gasteiger partial charge is 0.328 e. The van der Waals surface area contributed by atoms with Crippen molar-refractivity contribution in [3.8, 4) is 5.75 Å². The Kier molecular flexibility index (Phi) is 3.29. The standard InChI is InChI=1S/C14H15NO4/c1-14(2,13(17)18)15-12(16)10-7-9-5-3-4-6-11(9)19-8-10/h3-7H,8H2,1-2H3,(H,15,16)(H,17,18). The quantitative estimate of drug-likeness (QED) is 0.863. The summed E-state index contributed by atoms with van der Waals surface area (Å²) in [7, 11) is 0. The van der Waals surface area contributed by atoms with Gasteiger partial charge in [-0.2, -0.15) is 0 Å². The molecule has 0 saturated heterocycles. The van der Waals surface area contributed by atoms with Gasteiger partial charge in [-0.15, -0.1) is 0 Å². The highest BCUT2D eigenvalue weighted by Crippen LogP contribution is 2.25. The van der Waals surface area contributed by atoms with Gasteiger partial charge >= 0.3 is 5.97 Å². The van der Waals surface area contributed by atoms with E-state index >= 15 is 0 Å². The Bertz CT molecular complexity index is 560. The second-order valence-corrected chi connectivity index (χ2v) is 4.88. The number of nitrogens with one attached hydrogen (secondary N) is 1. The predicted octanol–water partition coefficient (Wildman–Crippen LogP) is 1.44. The fourth-order valence-electron chi connectivity index (χ4n) is 1.66. The van der Waals surface area contributed by atoms with Crippen molar-refractivity contribution in [2.24, 2.45) is 0 Å². The van der Waals surface area contributed by atoms with Crippen molar-refractivity contribution < 1.29 is 19.4 Å². The van der Waals surface area contributed by atoms with E-state index in [4.69, 9.17) is 9.84 Å². The van der Waals surface area contributed by atoms with Crippen LogP contribution in [0.3, 0.4) is 0 Å². The minimum Gasteiger partial charge on any atom is -0.488 e. The van der Waals surface area contributed by atoms with Crippen LogP contribution in [-0.4, -0.2) is 29.1 Å². The number of carbonyl (C=O) groups excluding carboxylic acids is 1. The Morgan fingerprint density at radius 2 is 2.00 bits per heavy atom. The third kappa shape index (κ3) is 2.76. The Morgan fingerprint density at radius 3 is 2.68 bits per heavy atom. The first-order valence-corrected chi connectivity index (χ1v) is 5.88. The zero-order valence-corrected chi connectivity index (χ0v) is 10.8. The van der Waals surface area contributed by atoms with Gasteiger partial charge in [0.1, 0.15) is 17.9 Å². The molecular weight excluding hydrogens is 246 g/mol. The van der Waals surface area contributed by atoms with Crippen LogP contribution in [0.2, 0.25) is 0 Å². The van der Waals surface area contributed by atoms with Crippen LogP contribution < -0.4 is 10.1 Å². The van der Waals surface area contributed by atoms with Gasteiger partial charge in [0.05, 0.1) is 5.57 Å². The lowest BCUT2D eigenvalue weighted by Gasteiger charge is -2.23. The van der Waals surface area contributed by atoms with Gasteiger partial charge in [-0.05, 0) is 26.0 Å². The molecule has 0 atom stereocenters. The lowest BCUT2D eigenvalue weighted by atomic mass is 10.0. The molecule has 2 N–H and O–H groups in total. The fraction of sp³-hybridized carbons (Fsp3) is 0.286. The van der Waals surface area contributed by atoms with E-state index in [-0.39, 0.29) is 6.61 Å². The molecule has 0 saturated carbocycles. The summed E-state index contributed by atoms with van der Waals surface area (Å²) in [6, 6.07) is 7.36. The minimum absolute atomic E-state index is 0.137. The molecule has 0 bridgehead atoms. The molecule has 0 aliphatic carbocycles. The number of carboxylic acid groups (broad SMARTS) is 1. The number of carboxylic acids is 1. The number of carbonyl (C=O) groups is 2. The number of fused-ring (bicyclic) bond motifs is 1. The summed E-state index contributed by atoms with van der Waals surface area (Å²) in [4.78, 5) is 23.0. The van der Waals surface area contributed by atoms with Crippen molar-refractivity contribution in [1.29, 1.82) is 0 Å². The van der Waals surface area contributed by atoms with Gasteiger partial charge in [-0.3, -0.25) is 4.79 Å². The van der Waals surface area contributed by atoms with Crippen LogP contribution in [0.1, 0.15) is 19.4 Å². The van der Waals surface area contributed by atoms with Crippen molar-refractivity contribution in [2.45, 2.75) is 19.4 Å². The van der Waals surface area contributed by atoms with Crippen LogP contribution in [-0.2, 0) is 9.59 Å². The van der Waals surface area contributed by atoms with Gasteiger partial charge in [-0.1, -0.05) is 18.2 Å². The zero-order chi connectivity index (χ0) is 14.0. The van der Waals surface area contributed by atoms with Gasteiger partial charge in [0, 0.05) is 5.56 Å². The van der Waals surface area contributed by atoms with E-state index in [1.165, 1.54) is 13.8 Å². The summed E-state index contributed by atoms with van der Waals surface area (Å²) in [6.45, 7) is 3.01. The van der Waals surface area contributed by atoms with Crippen LogP contribution in [0, 0.1) is 0 Å². The second-order valence-electron chi connectivity index (χ2n) is 4.88. The molecule has 0 aromatic heterocycles. The first-order valence-electron chi connectivity index (χ1n) is 5.88. The first kappa shape index (κ1) is 13.1. The lowest BCUT2D eigenvalue weighted by molar-refractivity contribution is -0.145. The number of para-hydroxylation sites is 1. The normalized spacial score (nSPS) is 13.9. The molecule has 5 heteroatoms. The van der Waals surface area contributed by atoms with Crippen molar-refractivity contribution in [1.82, 2.24) is 5.32 Å². The van der Waals surface area contributed by atoms with Crippen LogP contribution in [0.5, 0.6) is 5.75 Å². The molecule has 1 aromatic carbocycles. The van der Waals surface area contributed by atoms with Gasteiger partial charge in [0.2, 0.25) is 0 Å². The summed E-state index contributed by atoms with van der Waals surface area (Å²) in [5.41, 5.74) is -0.0884. The molecule has 0 fully saturated rings. The van der Waals surface area contributed by atoms with Crippen LogP contribution in [0.25, 0.3) is 6.08 Å². The minimum atomic E-state index is -1.31. The van der Waals surface area contributed by atoms with E-state index in [0.717, 1.165) is 11.3 Å². The molecule has 1 amide bonds. The molecule has 1 aliphatic rings. The Balaban J connectivity index is 2.18. The van der Waals surface area contributed by atoms with E-state index < -0.39 is 17.4 Å². The first-order chi connectivity index (χ1) is 8.90. The van der Waals surface area contributed by atoms with Crippen LogP contribution in [0.15, 0.2) is 29.8 Å². The summed E-state index contributed by atoms with van der Waals surface area (Å²) in [6.07, 6.45) is 1.71. The van der Waals surface area contributed by atoms with Gasteiger partial charge in [-0.25, -0.2) is 4.79 Å². The number of amides is 1. The number of rotatable bonds is 3. The highest BCUT2D eigenvalue weighted by atomic mass is 16.5. The van der Waals surface area contributed by atoms with E-state index in [9.17, 15) is 9.59 Å². The Hall–Kier alpha value is -2.30. The monoisotopic (exact) mass is 261 g/mol. The SMILES string of the molecule is CC(C)(NC(=O)C1=Cc2ccccc2OC1)C(=O)O.